The summed E-state index contributed by atoms with van der Waals surface area (Å²) in [4.78, 5) is 24.1. The van der Waals surface area contributed by atoms with Crippen molar-refractivity contribution in [3.8, 4) is 0 Å². The van der Waals surface area contributed by atoms with Crippen LogP contribution < -0.4 is 10.6 Å². The molecule has 1 aliphatic rings. The topological polar surface area (TPSA) is 105 Å². The van der Waals surface area contributed by atoms with Gasteiger partial charge in [0.1, 0.15) is 0 Å². The standard InChI is InChI=1S/C19H29N3O5S/c1-13-11-22(12-14(2)27-13)28(25,26)16-8-6-15(7-9-16)18(24)20-10-17(23)21-19(3,4)5/h6-9,13-14H,10-12H2,1-5H3,(H,20,24)(H,21,23)/t13-,14-/m1/s1. The number of ether oxygens (including phenoxy) is 1. The molecule has 156 valence electrons. The number of carbonyl (C=O) groups excluding carboxylic acids is 2. The van der Waals surface area contributed by atoms with Crippen LogP contribution in [0.5, 0.6) is 0 Å². The zero-order chi connectivity index (χ0) is 21.1. The second-order valence-electron chi connectivity index (χ2n) is 8.08. The van der Waals surface area contributed by atoms with Crippen LogP contribution >= 0.6 is 0 Å². The molecule has 2 N–H and O–H groups in total. The highest BCUT2D eigenvalue weighted by molar-refractivity contribution is 7.89. The van der Waals surface area contributed by atoms with Crippen molar-refractivity contribution in [3.05, 3.63) is 29.8 Å². The Balaban J connectivity index is 2.02. The molecular weight excluding hydrogens is 382 g/mol. The van der Waals surface area contributed by atoms with Crippen LogP contribution in [-0.4, -0.2) is 61.9 Å². The van der Waals surface area contributed by atoms with Crippen LogP contribution in [-0.2, 0) is 19.6 Å². The zero-order valence-electron chi connectivity index (χ0n) is 17.0. The number of nitrogens with zero attached hydrogens (tertiary/aromatic N) is 1. The molecule has 8 nitrogen and oxygen atoms in total. The van der Waals surface area contributed by atoms with Gasteiger partial charge in [-0.2, -0.15) is 4.31 Å². The summed E-state index contributed by atoms with van der Waals surface area (Å²) < 4.78 is 32.6. The summed E-state index contributed by atoms with van der Waals surface area (Å²) in [6.07, 6.45) is -0.356. The van der Waals surface area contributed by atoms with E-state index < -0.39 is 15.9 Å². The largest absolute Gasteiger partial charge is 0.373 e. The number of hydrogen-bond donors (Lipinski definition) is 2. The number of rotatable bonds is 5. The van der Waals surface area contributed by atoms with Crippen LogP contribution in [0, 0.1) is 0 Å². The zero-order valence-corrected chi connectivity index (χ0v) is 17.8. The van der Waals surface area contributed by atoms with Gasteiger partial charge in [-0.25, -0.2) is 8.42 Å². The van der Waals surface area contributed by atoms with Crippen molar-refractivity contribution in [1.82, 2.24) is 14.9 Å². The summed E-state index contributed by atoms with van der Waals surface area (Å²) in [5.41, 5.74) is -0.0991. The Labute approximate surface area is 166 Å². The highest BCUT2D eigenvalue weighted by Crippen LogP contribution is 2.21. The average Bonchev–Trinajstić information content (AvgIpc) is 2.57. The monoisotopic (exact) mass is 411 g/mol. The number of benzene rings is 1. The molecule has 2 amide bonds. The lowest BCUT2D eigenvalue weighted by Crippen LogP contribution is -2.48. The summed E-state index contributed by atoms with van der Waals surface area (Å²) in [5.74, 6) is -0.739. The Hall–Kier alpha value is -1.97. The van der Waals surface area contributed by atoms with Crippen molar-refractivity contribution in [2.45, 2.75) is 57.3 Å². The minimum atomic E-state index is -3.66. The van der Waals surface area contributed by atoms with Crippen LogP contribution in [0.3, 0.4) is 0 Å². The first kappa shape index (κ1) is 22.3. The third-order valence-corrected chi connectivity index (χ3v) is 5.91. The van der Waals surface area contributed by atoms with Gasteiger partial charge in [-0.1, -0.05) is 0 Å². The maximum Gasteiger partial charge on any atom is 0.251 e. The smallest absolute Gasteiger partial charge is 0.251 e. The van der Waals surface area contributed by atoms with Gasteiger partial charge in [0.25, 0.3) is 5.91 Å². The fourth-order valence-electron chi connectivity index (χ4n) is 2.98. The predicted octanol–water partition coefficient (Wildman–Crippen LogP) is 1.13. The van der Waals surface area contributed by atoms with Gasteiger partial charge >= 0.3 is 0 Å². The molecule has 0 saturated carbocycles. The van der Waals surface area contributed by atoms with E-state index in [9.17, 15) is 18.0 Å². The molecule has 0 spiro atoms. The third-order valence-electron chi connectivity index (χ3n) is 4.06. The summed E-state index contributed by atoms with van der Waals surface area (Å²) in [6, 6.07) is 5.70. The molecular formula is C19H29N3O5S. The summed E-state index contributed by atoms with van der Waals surface area (Å²) in [6.45, 7) is 9.64. The van der Waals surface area contributed by atoms with E-state index in [0.717, 1.165) is 0 Å². The fraction of sp³-hybridized carbons (Fsp3) is 0.579. The van der Waals surface area contributed by atoms with Crippen molar-refractivity contribution < 1.29 is 22.7 Å². The SMILES string of the molecule is C[C@@H]1CN(S(=O)(=O)c2ccc(C(=O)NCC(=O)NC(C)(C)C)cc2)C[C@@H](C)O1. The molecule has 1 saturated heterocycles. The van der Waals surface area contributed by atoms with Gasteiger partial charge in [-0.05, 0) is 58.9 Å². The molecule has 0 radical (unpaired) electrons. The van der Waals surface area contributed by atoms with E-state index in [4.69, 9.17) is 4.74 Å². The number of nitrogens with one attached hydrogen (secondary N) is 2. The van der Waals surface area contributed by atoms with Gasteiger partial charge in [-0.15, -0.1) is 0 Å². The van der Waals surface area contributed by atoms with E-state index in [-0.39, 0.29) is 53.7 Å². The normalized spacial score (nSPS) is 21.2. The van der Waals surface area contributed by atoms with E-state index in [0.29, 0.717) is 0 Å². The minimum Gasteiger partial charge on any atom is -0.373 e. The number of morpholine rings is 1. The van der Waals surface area contributed by atoms with Crippen LogP contribution in [0.25, 0.3) is 0 Å². The summed E-state index contributed by atoms with van der Waals surface area (Å²) >= 11 is 0. The molecule has 2 atom stereocenters. The number of hydrogen-bond acceptors (Lipinski definition) is 5. The molecule has 0 aromatic heterocycles. The Morgan fingerprint density at radius 3 is 2.14 bits per heavy atom. The summed E-state index contributed by atoms with van der Waals surface area (Å²) in [7, 11) is -3.66. The molecule has 1 aromatic carbocycles. The van der Waals surface area contributed by atoms with Crippen molar-refractivity contribution in [3.63, 3.8) is 0 Å². The molecule has 1 aliphatic heterocycles. The van der Waals surface area contributed by atoms with Gasteiger partial charge in [0.15, 0.2) is 0 Å². The van der Waals surface area contributed by atoms with Gasteiger partial charge in [0.05, 0.1) is 23.6 Å². The molecule has 1 heterocycles. The molecule has 28 heavy (non-hydrogen) atoms. The van der Waals surface area contributed by atoms with Crippen molar-refractivity contribution in [2.24, 2.45) is 0 Å². The second kappa shape index (κ2) is 8.59. The van der Waals surface area contributed by atoms with Gasteiger partial charge in [-0.3, -0.25) is 9.59 Å². The Kier molecular flexibility index (Phi) is 6.84. The molecule has 1 fully saturated rings. The Morgan fingerprint density at radius 2 is 1.64 bits per heavy atom. The minimum absolute atomic E-state index is 0.121. The first-order valence-electron chi connectivity index (χ1n) is 9.23. The van der Waals surface area contributed by atoms with E-state index >= 15 is 0 Å². The van der Waals surface area contributed by atoms with E-state index in [1.54, 1.807) is 0 Å². The molecule has 1 aromatic rings. The molecule has 0 aliphatic carbocycles. The average molecular weight is 412 g/mol. The number of amides is 2. The first-order valence-corrected chi connectivity index (χ1v) is 10.7. The van der Waals surface area contributed by atoms with Crippen LogP contribution in [0.1, 0.15) is 45.0 Å². The van der Waals surface area contributed by atoms with Crippen molar-refractivity contribution >= 4 is 21.8 Å². The number of sulfonamides is 1. The Bertz CT molecular complexity index is 805. The molecule has 0 bridgehead atoms. The number of carbonyl (C=O) groups is 2. The maximum atomic E-state index is 12.8. The fourth-order valence-corrected chi connectivity index (χ4v) is 4.57. The van der Waals surface area contributed by atoms with Gasteiger partial charge < -0.3 is 15.4 Å². The summed E-state index contributed by atoms with van der Waals surface area (Å²) in [5, 5.41) is 5.28. The first-order chi connectivity index (χ1) is 12.9. The van der Waals surface area contributed by atoms with Crippen molar-refractivity contribution in [1.29, 1.82) is 0 Å². The van der Waals surface area contributed by atoms with E-state index in [1.807, 2.05) is 34.6 Å². The predicted molar refractivity (Wildman–Crippen MR) is 105 cm³/mol. The van der Waals surface area contributed by atoms with Crippen LogP contribution in [0.4, 0.5) is 0 Å². The quantitative estimate of drug-likeness (QED) is 0.756. The lowest BCUT2D eigenvalue weighted by atomic mass is 10.1. The lowest BCUT2D eigenvalue weighted by Gasteiger charge is -2.34. The molecule has 9 heteroatoms. The highest BCUT2D eigenvalue weighted by Gasteiger charge is 2.32. The lowest BCUT2D eigenvalue weighted by molar-refractivity contribution is -0.121. The second-order valence-corrected chi connectivity index (χ2v) is 10.0. The van der Waals surface area contributed by atoms with Crippen LogP contribution in [0.15, 0.2) is 29.2 Å². The molecule has 0 unspecified atom stereocenters. The van der Waals surface area contributed by atoms with Gasteiger partial charge in [0.2, 0.25) is 15.9 Å². The maximum absolute atomic E-state index is 12.8. The third kappa shape index (κ3) is 6.02. The van der Waals surface area contributed by atoms with Gasteiger partial charge in [0, 0.05) is 24.2 Å². The van der Waals surface area contributed by atoms with Crippen molar-refractivity contribution in [2.75, 3.05) is 19.6 Å². The van der Waals surface area contributed by atoms with E-state index in [2.05, 4.69) is 10.6 Å². The Morgan fingerprint density at radius 1 is 1.11 bits per heavy atom. The van der Waals surface area contributed by atoms with Crippen LogP contribution in [0.2, 0.25) is 0 Å². The molecule has 2 rings (SSSR count). The highest BCUT2D eigenvalue weighted by atomic mass is 32.2. The van der Waals surface area contributed by atoms with E-state index in [1.165, 1.54) is 28.6 Å².